The number of fused-ring (bicyclic) bond motifs is 1. The maximum Gasteiger partial charge on any atom is 0.310 e. The van der Waals surface area contributed by atoms with Gasteiger partial charge in [-0.1, -0.05) is 38.0 Å². The largest absolute Gasteiger partial charge is 0.466 e. The fourth-order valence-corrected chi connectivity index (χ4v) is 4.27. The van der Waals surface area contributed by atoms with Crippen molar-refractivity contribution in [2.75, 3.05) is 33.3 Å². The molecule has 34 heavy (non-hydrogen) atoms. The monoisotopic (exact) mass is 470 g/mol. The fraction of sp³-hybridized carbons (Fsp3) is 0.560. The summed E-state index contributed by atoms with van der Waals surface area (Å²) in [6.45, 7) is 5.28. The topological polar surface area (TPSA) is 102 Å². The molecular weight excluding hydrogens is 436 g/mol. The van der Waals surface area contributed by atoms with Gasteiger partial charge in [0.2, 0.25) is 5.91 Å². The van der Waals surface area contributed by atoms with E-state index in [9.17, 15) is 19.2 Å². The normalized spacial score (nSPS) is 15.9. The summed E-state index contributed by atoms with van der Waals surface area (Å²) in [5.41, 5.74) is -0.0645. The SMILES string of the molecule is CCCCCn1nc(C(=O)N(C)CC(=O)N2CCCC(C(=O)OCC)C2)c2ccccc2c1=O. The van der Waals surface area contributed by atoms with Crippen LogP contribution < -0.4 is 5.56 Å². The second-order valence-corrected chi connectivity index (χ2v) is 8.72. The second kappa shape index (κ2) is 11.8. The van der Waals surface area contributed by atoms with Crippen molar-refractivity contribution in [3.8, 4) is 0 Å². The molecule has 0 saturated carbocycles. The predicted octanol–water partition coefficient (Wildman–Crippen LogP) is 2.46. The van der Waals surface area contributed by atoms with E-state index in [1.54, 1.807) is 43.1 Å². The maximum atomic E-state index is 13.3. The highest BCUT2D eigenvalue weighted by molar-refractivity contribution is 6.05. The summed E-state index contributed by atoms with van der Waals surface area (Å²) in [5, 5.41) is 5.31. The first-order chi connectivity index (χ1) is 16.4. The third-order valence-electron chi connectivity index (χ3n) is 6.16. The molecule has 184 valence electrons. The Kier molecular flexibility index (Phi) is 8.79. The molecule has 0 radical (unpaired) electrons. The van der Waals surface area contributed by atoms with Crippen molar-refractivity contribution >= 4 is 28.6 Å². The van der Waals surface area contributed by atoms with E-state index in [0.717, 1.165) is 19.3 Å². The standard InChI is InChI=1S/C25H34N4O5/c1-4-6-9-15-29-23(31)20-13-8-7-12-19(20)22(26-29)24(32)27(3)17-21(30)28-14-10-11-18(16-28)25(33)34-5-2/h7-8,12-13,18H,4-6,9-11,14-17H2,1-3H3. The zero-order valence-electron chi connectivity index (χ0n) is 20.3. The number of hydrogen-bond donors (Lipinski definition) is 0. The number of hydrogen-bond acceptors (Lipinski definition) is 6. The van der Waals surface area contributed by atoms with Crippen LogP contribution in [0, 0.1) is 5.92 Å². The second-order valence-electron chi connectivity index (χ2n) is 8.72. The highest BCUT2D eigenvalue weighted by Crippen LogP contribution is 2.19. The minimum atomic E-state index is -0.423. The van der Waals surface area contributed by atoms with Gasteiger partial charge in [-0.25, -0.2) is 4.68 Å². The molecule has 1 saturated heterocycles. The quantitative estimate of drug-likeness (QED) is 0.412. The van der Waals surface area contributed by atoms with Crippen molar-refractivity contribution in [2.24, 2.45) is 5.92 Å². The molecule has 1 aliphatic heterocycles. The molecule has 9 heteroatoms. The molecule has 0 N–H and O–H groups in total. The Hall–Kier alpha value is -3.23. The van der Waals surface area contributed by atoms with Gasteiger partial charge in [-0.15, -0.1) is 0 Å². The number of ether oxygens (including phenoxy) is 1. The minimum absolute atomic E-state index is 0.140. The summed E-state index contributed by atoms with van der Waals surface area (Å²) in [7, 11) is 1.55. The van der Waals surface area contributed by atoms with E-state index in [2.05, 4.69) is 12.0 Å². The van der Waals surface area contributed by atoms with Gasteiger partial charge in [-0.3, -0.25) is 19.2 Å². The van der Waals surface area contributed by atoms with Gasteiger partial charge in [0.1, 0.15) is 0 Å². The van der Waals surface area contributed by atoms with E-state index in [1.165, 1.54) is 9.58 Å². The van der Waals surface area contributed by atoms with Gasteiger partial charge in [-0.2, -0.15) is 5.10 Å². The molecule has 0 spiro atoms. The molecule has 1 atom stereocenters. The van der Waals surface area contributed by atoms with Crippen LogP contribution in [0.3, 0.4) is 0 Å². The van der Waals surface area contributed by atoms with Crippen molar-refractivity contribution in [1.29, 1.82) is 0 Å². The zero-order chi connectivity index (χ0) is 24.7. The lowest BCUT2D eigenvalue weighted by atomic mass is 9.98. The predicted molar refractivity (Wildman–Crippen MR) is 128 cm³/mol. The van der Waals surface area contributed by atoms with Gasteiger partial charge >= 0.3 is 5.97 Å². The highest BCUT2D eigenvalue weighted by atomic mass is 16.5. The number of likely N-dealkylation sites (N-methyl/N-ethyl adjacent to an activating group) is 1. The number of aromatic nitrogens is 2. The molecule has 1 aliphatic rings. The molecule has 2 heterocycles. The van der Waals surface area contributed by atoms with Crippen LogP contribution in [0.4, 0.5) is 0 Å². The van der Waals surface area contributed by atoms with Crippen molar-refractivity contribution < 1.29 is 19.1 Å². The summed E-state index contributed by atoms with van der Waals surface area (Å²) in [4.78, 5) is 54.2. The lowest BCUT2D eigenvalue weighted by Crippen LogP contribution is -2.47. The molecular formula is C25H34N4O5. The van der Waals surface area contributed by atoms with Gasteiger partial charge in [-0.05, 0) is 32.3 Å². The van der Waals surface area contributed by atoms with E-state index in [1.807, 2.05) is 0 Å². The zero-order valence-corrected chi connectivity index (χ0v) is 20.3. The van der Waals surface area contributed by atoms with Gasteiger partial charge in [0, 0.05) is 32.1 Å². The maximum absolute atomic E-state index is 13.3. The average Bonchev–Trinajstić information content (AvgIpc) is 2.85. The van der Waals surface area contributed by atoms with Crippen molar-refractivity contribution in [3.05, 3.63) is 40.3 Å². The van der Waals surface area contributed by atoms with Crippen LogP contribution in [0.5, 0.6) is 0 Å². The van der Waals surface area contributed by atoms with Gasteiger partial charge in [0.05, 0.1) is 24.5 Å². The Balaban J connectivity index is 1.77. The van der Waals surface area contributed by atoms with Crippen LogP contribution in [0.15, 0.2) is 29.1 Å². The molecule has 2 aromatic rings. The molecule has 2 amide bonds. The molecule has 0 aliphatic carbocycles. The number of unbranched alkanes of at least 4 members (excludes halogenated alkanes) is 2. The first-order valence-electron chi connectivity index (χ1n) is 12.1. The Morgan fingerprint density at radius 3 is 2.59 bits per heavy atom. The van der Waals surface area contributed by atoms with E-state index in [4.69, 9.17) is 4.74 Å². The Morgan fingerprint density at radius 1 is 1.15 bits per heavy atom. The third kappa shape index (κ3) is 5.81. The van der Waals surface area contributed by atoms with Crippen molar-refractivity contribution in [1.82, 2.24) is 19.6 Å². The number of carbonyl (C=O) groups excluding carboxylic acids is 3. The highest BCUT2D eigenvalue weighted by Gasteiger charge is 2.30. The number of carbonyl (C=O) groups is 3. The van der Waals surface area contributed by atoms with Gasteiger partial charge in [0.15, 0.2) is 5.69 Å². The number of amides is 2. The first-order valence-corrected chi connectivity index (χ1v) is 12.1. The molecule has 1 fully saturated rings. The van der Waals surface area contributed by atoms with E-state index in [0.29, 0.717) is 49.9 Å². The van der Waals surface area contributed by atoms with E-state index < -0.39 is 5.91 Å². The lowest BCUT2D eigenvalue weighted by Gasteiger charge is -2.32. The van der Waals surface area contributed by atoms with Crippen LogP contribution >= 0.6 is 0 Å². The molecule has 1 aromatic heterocycles. The molecule has 9 nitrogen and oxygen atoms in total. The summed E-state index contributed by atoms with van der Waals surface area (Å²) >= 11 is 0. The summed E-state index contributed by atoms with van der Waals surface area (Å²) < 4.78 is 6.46. The number of likely N-dealkylation sites (tertiary alicyclic amines) is 1. The minimum Gasteiger partial charge on any atom is -0.466 e. The Bertz CT molecular complexity index is 1100. The molecule has 0 bridgehead atoms. The third-order valence-corrected chi connectivity index (χ3v) is 6.16. The fourth-order valence-electron chi connectivity index (χ4n) is 4.27. The number of rotatable bonds is 9. The van der Waals surface area contributed by atoms with Crippen molar-refractivity contribution in [2.45, 2.75) is 52.5 Å². The number of piperidine rings is 1. The molecule has 1 aromatic carbocycles. The van der Waals surface area contributed by atoms with Crippen LogP contribution in [0.25, 0.3) is 10.8 Å². The number of benzene rings is 1. The van der Waals surface area contributed by atoms with Crippen molar-refractivity contribution in [3.63, 3.8) is 0 Å². The van der Waals surface area contributed by atoms with E-state index >= 15 is 0 Å². The van der Waals surface area contributed by atoms with Crippen LogP contribution in [0.1, 0.15) is 56.4 Å². The lowest BCUT2D eigenvalue weighted by molar-refractivity contribution is -0.151. The smallest absolute Gasteiger partial charge is 0.310 e. The Morgan fingerprint density at radius 2 is 1.88 bits per heavy atom. The van der Waals surface area contributed by atoms with E-state index in [-0.39, 0.29) is 35.6 Å². The summed E-state index contributed by atoms with van der Waals surface area (Å²) in [5.74, 6) is -1.28. The number of aryl methyl sites for hydroxylation is 1. The number of esters is 1. The van der Waals surface area contributed by atoms with Crippen LogP contribution in [-0.4, -0.2) is 70.7 Å². The molecule has 3 rings (SSSR count). The Labute approximate surface area is 199 Å². The summed E-state index contributed by atoms with van der Waals surface area (Å²) in [6, 6.07) is 6.92. The van der Waals surface area contributed by atoms with Gasteiger partial charge < -0.3 is 14.5 Å². The van der Waals surface area contributed by atoms with Crippen LogP contribution in [0.2, 0.25) is 0 Å². The number of nitrogens with zero attached hydrogens (tertiary/aromatic N) is 4. The first kappa shape index (κ1) is 25.4. The summed E-state index contributed by atoms with van der Waals surface area (Å²) in [6.07, 6.45) is 4.16. The average molecular weight is 471 g/mol. The van der Waals surface area contributed by atoms with Crippen LogP contribution in [-0.2, 0) is 20.9 Å². The molecule has 1 unspecified atom stereocenters. The van der Waals surface area contributed by atoms with Gasteiger partial charge in [0.25, 0.3) is 11.5 Å².